The second-order valence-corrected chi connectivity index (χ2v) is 6.37. The number of benzene rings is 1. The van der Waals surface area contributed by atoms with Crippen LogP contribution in [-0.2, 0) is 9.59 Å². The number of rotatable bonds is 5. The van der Waals surface area contributed by atoms with Crippen LogP contribution in [-0.4, -0.2) is 35.3 Å². The molecule has 1 aliphatic heterocycles. The summed E-state index contributed by atoms with van der Waals surface area (Å²) < 4.78 is 11.0. The van der Waals surface area contributed by atoms with Gasteiger partial charge in [-0.05, 0) is 43.7 Å². The average Bonchev–Trinajstić information content (AvgIpc) is 3.19. The number of nitriles is 1. The largest absolute Gasteiger partial charge is 0.496 e. The Balaban J connectivity index is 2.05. The number of hydrogen-bond acceptors (Lipinski definition) is 7. The van der Waals surface area contributed by atoms with E-state index in [0.717, 1.165) is 4.90 Å². The Morgan fingerprint density at radius 2 is 2.00 bits per heavy atom. The lowest BCUT2D eigenvalue weighted by molar-refractivity contribution is -0.384. The second-order valence-electron chi connectivity index (χ2n) is 6.37. The highest BCUT2D eigenvalue weighted by molar-refractivity contribution is 6.19. The molecule has 9 nitrogen and oxygen atoms in total. The Kier molecular flexibility index (Phi) is 5.51. The summed E-state index contributed by atoms with van der Waals surface area (Å²) in [5.41, 5.74) is 0.753. The minimum atomic E-state index is -0.615. The van der Waals surface area contributed by atoms with Gasteiger partial charge in [0, 0.05) is 18.2 Å². The Hall–Kier alpha value is -4.19. The molecular formula is C21H17N3O6. The summed E-state index contributed by atoms with van der Waals surface area (Å²) >= 11 is 0. The molecule has 30 heavy (non-hydrogen) atoms. The third-order valence-electron chi connectivity index (χ3n) is 4.72. The molecule has 9 heteroatoms. The zero-order chi connectivity index (χ0) is 22.0. The highest BCUT2D eigenvalue weighted by atomic mass is 16.6. The number of hydrogen-bond donors (Lipinski definition) is 0. The number of methoxy groups -OCH3 is 1. The summed E-state index contributed by atoms with van der Waals surface area (Å²) in [4.78, 5) is 36.4. The van der Waals surface area contributed by atoms with Crippen LogP contribution in [0.25, 0.3) is 17.4 Å². The molecule has 1 aromatic heterocycles. The minimum Gasteiger partial charge on any atom is -0.496 e. The third kappa shape index (κ3) is 3.46. The first-order valence-corrected chi connectivity index (χ1v) is 8.94. The van der Waals surface area contributed by atoms with E-state index in [1.54, 1.807) is 19.1 Å². The zero-order valence-electron chi connectivity index (χ0n) is 16.5. The van der Waals surface area contributed by atoms with E-state index in [-0.39, 0.29) is 34.7 Å². The summed E-state index contributed by atoms with van der Waals surface area (Å²) in [6, 6.07) is 9.24. The molecule has 0 saturated carbocycles. The Labute approximate surface area is 171 Å². The van der Waals surface area contributed by atoms with Crippen molar-refractivity contribution in [3.63, 3.8) is 0 Å². The summed E-state index contributed by atoms with van der Waals surface area (Å²) in [7, 11) is 1.39. The number of amides is 2. The van der Waals surface area contributed by atoms with Gasteiger partial charge in [-0.15, -0.1) is 0 Å². The first-order chi connectivity index (χ1) is 14.3. The number of nitrogens with zero attached hydrogens (tertiary/aromatic N) is 3. The molecule has 2 heterocycles. The number of non-ortho nitro benzene ring substituents is 1. The smallest absolute Gasteiger partial charge is 0.273 e. The number of nitro benzene ring substituents is 1. The Bertz CT molecular complexity index is 1170. The molecule has 1 aromatic carbocycles. The van der Waals surface area contributed by atoms with Crippen LogP contribution in [0.2, 0.25) is 0 Å². The molecule has 0 radical (unpaired) electrons. The molecule has 0 N–H and O–H groups in total. The van der Waals surface area contributed by atoms with Crippen LogP contribution in [0.15, 0.2) is 51.5 Å². The number of carbonyl (C=O) groups is 2. The van der Waals surface area contributed by atoms with E-state index >= 15 is 0 Å². The molecule has 1 aliphatic rings. The average molecular weight is 407 g/mol. The van der Waals surface area contributed by atoms with Gasteiger partial charge in [0.25, 0.3) is 17.5 Å². The first kappa shape index (κ1) is 20.5. The van der Waals surface area contributed by atoms with Crippen molar-refractivity contribution >= 4 is 23.6 Å². The van der Waals surface area contributed by atoms with Crippen molar-refractivity contribution in [1.29, 1.82) is 5.26 Å². The summed E-state index contributed by atoms with van der Waals surface area (Å²) in [6.45, 7) is 3.32. The van der Waals surface area contributed by atoms with Crippen LogP contribution in [0, 0.1) is 21.4 Å². The van der Waals surface area contributed by atoms with E-state index in [0.29, 0.717) is 17.1 Å². The molecule has 0 atom stereocenters. The van der Waals surface area contributed by atoms with Crippen LogP contribution in [0.5, 0.6) is 5.75 Å². The normalized spacial score (nSPS) is 15.5. The van der Waals surface area contributed by atoms with Crippen LogP contribution < -0.4 is 4.74 Å². The van der Waals surface area contributed by atoms with Crippen molar-refractivity contribution in [3.8, 4) is 23.1 Å². The summed E-state index contributed by atoms with van der Waals surface area (Å²) in [5, 5.41) is 20.3. The van der Waals surface area contributed by atoms with Crippen molar-refractivity contribution < 1.29 is 23.7 Å². The second kappa shape index (κ2) is 8.05. The van der Waals surface area contributed by atoms with Crippen molar-refractivity contribution in [3.05, 3.63) is 62.9 Å². The maximum Gasteiger partial charge on any atom is 0.273 e. The topological polar surface area (TPSA) is 127 Å². The SMILES string of the molecule is CCN1C(=O)C(C#N)=C(C)/C(=C\c2ccc(-c3ccc([N+](=O)[O-])cc3OC)o2)C1=O. The number of ether oxygens (including phenoxy) is 1. The van der Waals surface area contributed by atoms with Crippen LogP contribution in [0.3, 0.4) is 0 Å². The number of carbonyl (C=O) groups excluding carboxylic acids is 2. The van der Waals surface area contributed by atoms with Gasteiger partial charge in [0.05, 0.1) is 23.7 Å². The number of likely N-dealkylation sites (N-methyl/N-ethyl adjacent to an activating group) is 1. The molecule has 152 valence electrons. The predicted octanol–water partition coefficient (Wildman–Crippen LogP) is 3.48. The van der Waals surface area contributed by atoms with Gasteiger partial charge in [-0.25, -0.2) is 0 Å². The number of furan rings is 1. The van der Waals surface area contributed by atoms with Crippen LogP contribution >= 0.6 is 0 Å². The molecular weight excluding hydrogens is 390 g/mol. The van der Waals surface area contributed by atoms with Gasteiger partial charge in [-0.2, -0.15) is 5.26 Å². The minimum absolute atomic E-state index is 0.0912. The number of nitro groups is 1. The molecule has 3 rings (SSSR count). The van der Waals surface area contributed by atoms with Gasteiger partial charge < -0.3 is 9.15 Å². The molecule has 0 saturated heterocycles. The third-order valence-corrected chi connectivity index (χ3v) is 4.72. The van der Waals surface area contributed by atoms with Gasteiger partial charge in [-0.1, -0.05) is 0 Å². The molecule has 0 fully saturated rings. The molecule has 2 amide bonds. The van der Waals surface area contributed by atoms with Crippen molar-refractivity contribution in [2.45, 2.75) is 13.8 Å². The lowest BCUT2D eigenvalue weighted by Gasteiger charge is -2.25. The van der Waals surface area contributed by atoms with E-state index in [1.165, 1.54) is 38.3 Å². The molecule has 0 spiro atoms. The molecule has 0 aliphatic carbocycles. The monoisotopic (exact) mass is 407 g/mol. The van der Waals surface area contributed by atoms with E-state index in [1.807, 2.05) is 6.07 Å². The Morgan fingerprint density at radius 3 is 2.60 bits per heavy atom. The van der Waals surface area contributed by atoms with E-state index in [4.69, 9.17) is 9.15 Å². The molecule has 2 aromatic rings. The van der Waals surface area contributed by atoms with E-state index < -0.39 is 16.7 Å². The molecule has 0 bridgehead atoms. The quantitative estimate of drug-likeness (QED) is 0.321. The van der Waals surface area contributed by atoms with Crippen molar-refractivity contribution in [2.75, 3.05) is 13.7 Å². The fourth-order valence-electron chi connectivity index (χ4n) is 3.13. The summed E-state index contributed by atoms with van der Waals surface area (Å²) in [6.07, 6.45) is 1.46. The highest BCUT2D eigenvalue weighted by Crippen LogP contribution is 2.35. The molecule has 0 unspecified atom stereocenters. The van der Waals surface area contributed by atoms with E-state index in [2.05, 4.69) is 0 Å². The summed E-state index contributed by atoms with van der Waals surface area (Å²) in [5.74, 6) is -0.171. The van der Waals surface area contributed by atoms with Gasteiger partial charge >= 0.3 is 0 Å². The Morgan fingerprint density at radius 1 is 1.27 bits per heavy atom. The van der Waals surface area contributed by atoms with Gasteiger partial charge in [0.15, 0.2) is 0 Å². The lowest BCUT2D eigenvalue weighted by Crippen LogP contribution is -2.42. The van der Waals surface area contributed by atoms with Crippen molar-refractivity contribution in [1.82, 2.24) is 4.90 Å². The van der Waals surface area contributed by atoms with Crippen LogP contribution in [0.1, 0.15) is 19.6 Å². The lowest BCUT2D eigenvalue weighted by atomic mass is 9.95. The maximum atomic E-state index is 12.7. The fourth-order valence-corrected chi connectivity index (χ4v) is 3.13. The zero-order valence-corrected chi connectivity index (χ0v) is 16.5. The van der Waals surface area contributed by atoms with E-state index in [9.17, 15) is 25.0 Å². The number of imide groups is 1. The fraction of sp³-hybridized carbons (Fsp3) is 0.190. The highest BCUT2D eigenvalue weighted by Gasteiger charge is 2.34. The van der Waals surface area contributed by atoms with Gasteiger partial charge in [0.1, 0.15) is 28.9 Å². The van der Waals surface area contributed by atoms with Crippen molar-refractivity contribution in [2.24, 2.45) is 0 Å². The predicted molar refractivity (Wildman–Crippen MR) is 106 cm³/mol. The first-order valence-electron chi connectivity index (χ1n) is 8.94. The maximum absolute atomic E-state index is 12.7. The van der Waals surface area contributed by atoms with Gasteiger partial charge in [-0.3, -0.25) is 24.6 Å². The van der Waals surface area contributed by atoms with Crippen LogP contribution in [0.4, 0.5) is 5.69 Å². The standard InChI is InChI=1S/C21H17N3O6/c1-4-23-20(25)16(12(2)17(11-22)21(23)26)10-14-6-8-18(30-14)15-7-5-13(24(27)28)9-19(15)29-3/h5-10H,4H2,1-3H3/b16-10+. The van der Waals surface area contributed by atoms with Gasteiger partial charge in [0.2, 0.25) is 0 Å².